The molecule has 0 radical (unpaired) electrons. The summed E-state index contributed by atoms with van der Waals surface area (Å²) in [6.07, 6.45) is 0.303. The molecular formula is C12H18O3. The first-order valence-corrected chi connectivity index (χ1v) is 5.00. The summed E-state index contributed by atoms with van der Waals surface area (Å²) in [4.78, 5) is 0. The van der Waals surface area contributed by atoms with E-state index in [1.807, 2.05) is 18.2 Å². The van der Waals surface area contributed by atoms with Crippen LogP contribution in [-0.2, 0) is 17.8 Å². The Morgan fingerprint density at radius 1 is 1.27 bits per heavy atom. The third-order valence-corrected chi connectivity index (χ3v) is 2.23. The van der Waals surface area contributed by atoms with Gasteiger partial charge in [-0.2, -0.15) is 0 Å². The van der Waals surface area contributed by atoms with E-state index in [0.29, 0.717) is 13.0 Å². The molecule has 0 fully saturated rings. The molecule has 1 aromatic rings. The smallest absolute Gasteiger partial charge is 0.119 e. The highest BCUT2D eigenvalue weighted by Gasteiger charge is 2.06. The number of rotatable bonds is 5. The molecule has 1 aromatic carbocycles. The van der Waals surface area contributed by atoms with E-state index < -0.39 is 0 Å². The first-order valence-electron chi connectivity index (χ1n) is 5.00. The molecule has 0 aromatic heterocycles. The zero-order valence-electron chi connectivity index (χ0n) is 9.49. The fraction of sp³-hybridized carbons (Fsp3) is 0.500. The van der Waals surface area contributed by atoms with Gasteiger partial charge in [-0.25, -0.2) is 0 Å². The van der Waals surface area contributed by atoms with Crippen molar-refractivity contribution in [3.05, 3.63) is 29.3 Å². The van der Waals surface area contributed by atoms with Crippen LogP contribution in [0.3, 0.4) is 0 Å². The summed E-state index contributed by atoms with van der Waals surface area (Å²) in [7, 11) is 3.30. The lowest BCUT2D eigenvalue weighted by Gasteiger charge is -2.12. The Kier molecular flexibility index (Phi) is 4.59. The fourth-order valence-corrected chi connectivity index (χ4v) is 1.54. The Hall–Kier alpha value is -1.06. The Morgan fingerprint density at radius 3 is 2.53 bits per heavy atom. The molecule has 0 aliphatic carbocycles. The predicted molar refractivity (Wildman–Crippen MR) is 59.1 cm³/mol. The second kappa shape index (κ2) is 5.73. The van der Waals surface area contributed by atoms with Crippen LogP contribution in [-0.4, -0.2) is 25.4 Å². The average molecular weight is 210 g/mol. The Bertz CT molecular complexity index is 308. The zero-order chi connectivity index (χ0) is 11.3. The normalized spacial score (nSPS) is 12.5. The highest BCUT2D eigenvalue weighted by Crippen LogP contribution is 2.19. The molecule has 15 heavy (non-hydrogen) atoms. The molecule has 0 saturated carbocycles. The largest absolute Gasteiger partial charge is 0.497 e. The molecule has 1 N–H and O–H groups in total. The molecule has 1 atom stereocenters. The summed E-state index contributed by atoms with van der Waals surface area (Å²) in [6, 6.07) is 5.82. The minimum Gasteiger partial charge on any atom is -0.497 e. The maximum absolute atomic E-state index is 9.35. The van der Waals surface area contributed by atoms with Crippen LogP contribution in [0, 0.1) is 0 Å². The maximum atomic E-state index is 9.35. The Labute approximate surface area is 90.6 Å². The van der Waals surface area contributed by atoms with Gasteiger partial charge < -0.3 is 14.6 Å². The minimum atomic E-state index is -0.339. The molecule has 0 spiro atoms. The summed E-state index contributed by atoms with van der Waals surface area (Å²) in [5.41, 5.74) is 2.17. The molecular weight excluding hydrogens is 192 g/mol. The molecule has 3 nitrogen and oxygen atoms in total. The van der Waals surface area contributed by atoms with Gasteiger partial charge in [-0.05, 0) is 36.6 Å². The van der Waals surface area contributed by atoms with E-state index >= 15 is 0 Å². The number of benzene rings is 1. The molecule has 0 saturated heterocycles. The van der Waals surface area contributed by atoms with Crippen LogP contribution in [0.4, 0.5) is 0 Å². The summed E-state index contributed by atoms with van der Waals surface area (Å²) < 4.78 is 10.3. The second-order valence-corrected chi connectivity index (χ2v) is 3.62. The SMILES string of the molecule is COCc1cc(OC)ccc1CC(C)O. The quantitative estimate of drug-likeness (QED) is 0.805. The van der Waals surface area contributed by atoms with E-state index in [4.69, 9.17) is 9.47 Å². The van der Waals surface area contributed by atoms with E-state index in [1.165, 1.54) is 0 Å². The lowest BCUT2D eigenvalue weighted by atomic mass is 10.0. The van der Waals surface area contributed by atoms with Gasteiger partial charge in [0.25, 0.3) is 0 Å². The molecule has 0 aliphatic rings. The fourth-order valence-electron chi connectivity index (χ4n) is 1.54. The number of ether oxygens (including phenoxy) is 2. The van der Waals surface area contributed by atoms with E-state index in [2.05, 4.69) is 0 Å². The van der Waals surface area contributed by atoms with Crippen LogP contribution in [0.15, 0.2) is 18.2 Å². The van der Waals surface area contributed by atoms with Gasteiger partial charge >= 0.3 is 0 Å². The molecule has 1 rings (SSSR count). The molecule has 1 unspecified atom stereocenters. The van der Waals surface area contributed by atoms with Crippen molar-refractivity contribution in [3.63, 3.8) is 0 Å². The Balaban J connectivity index is 2.92. The third-order valence-electron chi connectivity index (χ3n) is 2.23. The van der Waals surface area contributed by atoms with E-state index in [9.17, 15) is 5.11 Å². The molecule has 84 valence electrons. The topological polar surface area (TPSA) is 38.7 Å². The van der Waals surface area contributed by atoms with Gasteiger partial charge in [0.1, 0.15) is 5.75 Å². The number of hydrogen-bond acceptors (Lipinski definition) is 3. The first kappa shape index (κ1) is 12.0. The first-order chi connectivity index (χ1) is 7.17. The molecule has 0 heterocycles. The maximum Gasteiger partial charge on any atom is 0.119 e. The van der Waals surface area contributed by atoms with E-state index in [0.717, 1.165) is 16.9 Å². The van der Waals surface area contributed by atoms with Crippen molar-refractivity contribution in [2.24, 2.45) is 0 Å². The van der Waals surface area contributed by atoms with Crippen molar-refractivity contribution < 1.29 is 14.6 Å². The van der Waals surface area contributed by atoms with Gasteiger partial charge in [-0.15, -0.1) is 0 Å². The number of methoxy groups -OCH3 is 2. The highest BCUT2D eigenvalue weighted by molar-refractivity contribution is 5.35. The summed E-state index contributed by atoms with van der Waals surface area (Å²) in [5, 5.41) is 9.35. The van der Waals surface area contributed by atoms with Crippen LogP contribution in [0.1, 0.15) is 18.1 Å². The van der Waals surface area contributed by atoms with E-state index in [1.54, 1.807) is 21.1 Å². The van der Waals surface area contributed by atoms with Crippen molar-refractivity contribution >= 4 is 0 Å². The summed E-state index contributed by atoms with van der Waals surface area (Å²) >= 11 is 0. The molecule has 0 aliphatic heterocycles. The van der Waals surface area contributed by atoms with Gasteiger partial charge in [0.15, 0.2) is 0 Å². The van der Waals surface area contributed by atoms with Gasteiger partial charge in [-0.3, -0.25) is 0 Å². The third kappa shape index (κ3) is 3.53. The summed E-state index contributed by atoms with van der Waals surface area (Å²) in [6.45, 7) is 2.32. The summed E-state index contributed by atoms with van der Waals surface area (Å²) in [5.74, 6) is 0.816. The lowest BCUT2D eigenvalue weighted by Crippen LogP contribution is -2.07. The van der Waals surface area contributed by atoms with Gasteiger partial charge in [-0.1, -0.05) is 6.07 Å². The average Bonchev–Trinajstić information content (AvgIpc) is 2.20. The molecule has 0 amide bonds. The minimum absolute atomic E-state index is 0.339. The zero-order valence-corrected chi connectivity index (χ0v) is 9.49. The van der Waals surface area contributed by atoms with Gasteiger partial charge in [0, 0.05) is 7.11 Å². The molecule has 3 heteroatoms. The van der Waals surface area contributed by atoms with Crippen molar-refractivity contribution in [2.45, 2.75) is 26.1 Å². The number of aliphatic hydroxyl groups is 1. The van der Waals surface area contributed by atoms with Crippen LogP contribution >= 0.6 is 0 Å². The number of aliphatic hydroxyl groups excluding tert-OH is 1. The van der Waals surface area contributed by atoms with Gasteiger partial charge in [0.2, 0.25) is 0 Å². The predicted octanol–water partition coefficient (Wildman–Crippen LogP) is 1.76. The van der Waals surface area contributed by atoms with Crippen molar-refractivity contribution in [3.8, 4) is 5.75 Å². The Morgan fingerprint density at radius 2 is 2.00 bits per heavy atom. The van der Waals surface area contributed by atoms with Crippen LogP contribution < -0.4 is 4.74 Å². The standard InChI is InChI=1S/C12H18O3/c1-9(13)6-10-4-5-12(15-3)7-11(10)8-14-2/h4-5,7,9,13H,6,8H2,1-3H3. The van der Waals surface area contributed by atoms with Gasteiger partial charge in [0.05, 0.1) is 19.8 Å². The second-order valence-electron chi connectivity index (χ2n) is 3.62. The van der Waals surface area contributed by atoms with Crippen LogP contribution in [0.25, 0.3) is 0 Å². The highest BCUT2D eigenvalue weighted by atomic mass is 16.5. The van der Waals surface area contributed by atoms with Crippen molar-refractivity contribution in [1.29, 1.82) is 0 Å². The van der Waals surface area contributed by atoms with Crippen molar-refractivity contribution in [2.75, 3.05) is 14.2 Å². The van der Waals surface area contributed by atoms with Crippen molar-refractivity contribution in [1.82, 2.24) is 0 Å². The van der Waals surface area contributed by atoms with Crippen LogP contribution in [0.2, 0.25) is 0 Å². The number of hydrogen-bond donors (Lipinski definition) is 1. The molecule has 0 bridgehead atoms. The lowest BCUT2D eigenvalue weighted by molar-refractivity contribution is 0.178. The monoisotopic (exact) mass is 210 g/mol. The van der Waals surface area contributed by atoms with Crippen LogP contribution in [0.5, 0.6) is 5.75 Å². The van der Waals surface area contributed by atoms with E-state index in [-0.39, 0.29) is 6.10 Å².